The molecule has 15 heavy (non-hydrogen) atoms. The van der Waals surface area contributed by atoms with Gasteiger partial charge in [-0.25, -0.2) is 24.3 Å². The van der Waals surface area contributed by atoms with Gasteiger partial charge in [0.05, 0.1) is 0 Å². The average molecular weight is 275 g/mol. The smallest absolute Gasteiger partial charge is 0 e. The van der Waals surface area contributed by atoms with Gasteiger partial charge in [-0.1, -0.05) is 0 Å². The zero-order valence-electron chi connectivity index (χ0n) is 8.12. The Morgan fingerprint density at radius 2 is 0.800 bits per heavy atom. The Hall–Kier alpha value is -1.58. The van der Waals surface area contributed by atoms with E-state index in [0.717, 1.165) is 0 Å². The van der Waals surface area contributed by atoms with E-state index >= 15 is 0 Å². The zero-order valence-corrected chi connectivity index (χ0v) is 10.3. The molecule has 2 nitrogen and oxygen atoms in total. The van der Waals surface area contributed by atoms with Crippen LogP contribution in [0.3, 0.4) is 0 Å². The molecule has 1 radical (unpaired) electrons. The van der Waals surface area contributed by atoms with E-state index in [1.165, 1.54) is 0 Å². The van der Waals surface area contributed by atoms with Crippen LogP contribution in [0.25, 0.3) is 0 Å². The van der Waals surface area contributed by atoms with E-state index in [4.69, 9.17) is 23.7 Å². The van der Waals surface area contributed by atoms with Gasteiger partial charge in [-0.2, -0.15) is 36.4 Å². The van der Waals surface area contributed by atoms with Crippen LogP contribution in [0.1, 0.15) is 0 Å². The van der Waals surface area contributed by atoms with Crippen molar-refractivity contribution in [1.29, 1.82) is 10.5 Å². The van der Waals surface area contributed by atoms with E-state index in [1.54, 1.807) is 0 Å². The SMILES string of the molecule is [C-]#N.[C-]#N.[Nb].c1cc[cH-]c1.c1cc[cH-]c1. The molecule has 0 bridgehead atoms. The van der Waals surface area contributed by atoms with Gasteiger partial charge in [0.1, 0.15) is 0 Å². The summed E-state index contributed by atoms with van der Waals surface area (Å²) < 4.78 is 0. The van der Waals surface area contributed by atoms with Crippen LogP contribution in [0, 0.1) is 23.7 Å². The summed E-state index contributed by atoms with van der Waals surface area (Å²) in [5, 5.41) is 12.5. The second-order valence-electron chi connectivity index (χ2n) is 1.92. The van der Waals surface area contributed by atoms with Crippen LogP contribution in [-0.2, 0) is 22.4 Å². The van der Waals surface area contributed by atoms with Crippen molar-refractivity contribution >= 4 is 0 Å². The number of nitrogens with zero attached hydrogens (tertiary/aromatic N) is 2. The quantitative estimate of drug-likeness (QED) is 0.548. The third kappa shape index (κ3) is 19.0. The maximum Gasteiger partial charge on any atom is 0 e. The molecule has 0 amide bonds. The van der Waals surface area contributed by atoms with Crippen LogP contribution >= 0.6 is 0 Å². The summed E-state index contributed by atoms with van der Waals surface area (Å²) in [7, 11) is 0. The molecule has 2 rings (SSSR count). The molecule has 0 saturated carbocycles. The molecule has 2 aromatic carbocycles. The molecular weight excluding hydrogens is 265 g/mol. The predicted octanol–water partition coefficient (Wildman–Crippen LogP) is 3.00. The van der Waals surface area contributed by atoms with Crippen LogP contribution in [0.15, 0.2) is 60.7 Å². The van der Waals surface area contributed by atoms with Crippen LogP contribution in [0.5, 0.6) is 0 Å². The Morgan fingerprint density at radius 1 is 0.600 bits per heavy atom. The summed E-state index contributed by atoms with van der Waals surface area (Å²) in [6.07, 6.45) is 0. The summed E-state index contributed by atoms with van der Waals surface area (Å²) >= 11 is 0. The van der Waals surface area contributed by atoms with E-state index in [9.17, 15) is 0 Å². The molecule has 0 aromatic heterocycles. The molecule has 0 aliphatic rings. The van der Waals surface area contributed by atoms with Gasteiger partial charge in [0, 0.05) is 22.4 Å². The maximum absolute atomic E-state index is 6.25. The minimum atomic E-state index is 0. The zero-order chi connectivity index (χ0) is 11.1. The Labute approximate surface area is 107 Å². The molecule has 0 fully saturated rings. The summed E-state index contributed by atoms with van der Waals surface area (Å²) in [5.41, 5.74) is 0. The molecular formula is C12H10N2Nb-4. The van der Waals surface area contributed by atoms with Crippen molar-refractivity contribution < 1.29 is 22.4 Å². The van der Waals surface area contributed by atoms with Gasteiger partial charge in [-0.3, -0.25) is 0 Å². The van der Waals surface area contributed by atoms with Gasteiger partial charge < -0.3 is 23.7 Å². The molecule has 0 atom stereocenters. The Balaban J connectivity index is -0.000000138. The maximum atomic E-state index is 6.25. The van der Waals surface area contributed by atoms with Gasteiger partial charge in [0.25, 0.3) is 0 Å². The molecule has 0 spiro atoms. The van der Waals surface area contributed by atoms with Crippen molar-refractivity contribution in [2.24, 2.45) is 0 Å². The van der Waals surface area contributed by atoms with E-state index in [-0.39, 0.29) is 22.4 Å². The fourth-order valence-electron chi connectivity index (χ4n) is 0.642. The first-order valence-electron chi connectivity index (χ1n) is 3.78. The van der Waals surface area contributed by atoms with Gasteiger partial charge in [-0.15, -0.1) is 0 Å². The van der Waals surface area contributed by atoms with Crippen molar-refractivity contribution in [3.63, 3.8) is 0 Å². The topological polar surface area (TPSA) is 47.6 Å². The first-order chi connectivity index (χ1) is 7.00. The summed E-state index contributed by atoms with van der Waals surface area (Å²) in [4.78, 5) is 0. The van der Waals surface area contributed by atoms with Crippen molar-refractivity contribution in [3.05, 3.63) is 73.8 Å². The fraction of sp³-hybridized carbons (Fsp3) is 0. The van der Waals surface area contributed by atoms with Crippen molar-refractivity contribution in [3.8, 4) is 0 Å². The third-order valence-electron chi connectivity index (χ3n) is 1.11. The van der Waals surface area contributed by atoms with Crippen LogP contribution < -0.4 is 0 Å². The second kappa shape index (κ2) is 22.8. The van der Waals surface area contributed by atoms with Crippen molar-refractivity contribution in [2.45, 2.75) is 0 Å². The molecule has 0 heterocycles. The largest absolute Gasteiger partial charge is 0.512 e. The summed E-state index contributed by atoms with van der Waals surface area (Å²) in [5.74, 6) is 0. The van der Waals surface area contributed by atoms with Gasteiger partial charge in [0.15, 0.2) is 0 Å². The van der Waals surface area contributed by atoms with E-state index in [1.807, 2.05) is 60.7 Å². The predicted molar refractivity (Wildman–Crippen MR) is 54.0 cm³/mol. The van der Waals surface area contributed by atoms with Gasteiger partial charge in [-0.05, 0) is 0 Å². The number of hydrogen-bond acceptors (Lipinski definition) is 2. The molecule has 0 aliphatic heterocycles. The normalized spacial score (nSPS) is 5.60. The average Bonchev–Trinajstić information content (AvgIpc) is 3.01. The van der Waals surface area contributed by atoms with Crippen molar-refractivity contribution in [2.75, 3.05) is 0 Å². The first kappa shape index (κ1) is 19.1. The molecule has 0 N–H and O–H groups in total. The third-order valence-corrected chi connectivity index (χ3v) is 1.11. The van der Waals surface area contributed by atoms with E-state index in [2.05, 4.69) is 0 Å². The van der Waals surface area contributed by atoms with Crippen molar-refractivity contribution in [1.82, 2.24) is 0 Å². The van der Waals surface area contributed by atoms with E-state index < -0.39 is 0 Å². The molecule has 0 unspecified atom stereocenters. The van der Waals surface area contributed by atoms with Crippen LogP contribution in [0.2, 0.25) is 0 Å². The van der Waals surface area contributed by atoms with Crippen LogP contribution in [0.4, 0.5) is 0 Å². The second-order valence-corrected chi connectivity index (χ2v) is 1.92. The van der Waals surface area contributed by atoms with Gasteiger partial charge in [0.2, 0.25) is 0 Å². The van der Waals surface area contributed by atoms with E-state index in [0.29, 0.717) is 0 Å². The summed E-state index contributed by atoms with van der Waals surface area (Å²) in [6, 6.07) is 20.0. The van der Waals surface area contributed by atoms with Gasteiger partial charge >= 0.3 is 0 Å². The molecule has 0 saturated heterocycles. The molecule has 0 aliphatic carbocycles. The monoisotopic (exact) mass is 275 g/mol. The number of hydrogen-bond donors (Lipinski definition) is 0. The Bertz CT molecular complexity index is 213. The molecule has 3 heteroatoms. The number of rotatable bonds is 0. The Morgan fingerprint density at radius 3 is 0.867 bits per heavy atom. The Kier molecular flexibility index (Phi) is 29.0. The minimum Gasteiger partial charge on any atom is -0.512 e. The minimum absolute atomic E-state index is 0. The summed E-state index contributed by atoms with van der Waals surface area (Å²) in [6.45, 7) is 9.50. The molecule has 77 valence electrons. The van der Waals surface area contributed by atoms with Crippen LogP contribution in [-0.4, -0.2) is 0 Å². The first-order valence-corrected chi connectivity index (χ1v) is 3.78. The standard InChI is InChI=1S/2C5H5.2CN.Nb/c2*1-2-4-5-3-1;2*1-2;/h2*1-5H;;;/q4*-1;. The molecule has 2 aromatic rings. The fourth-order valence-corrected chi connectivity index (χ4v) is 0.642.